The SMILES string of the molecule is CNC(C)Cc1noc(C(C)Oc2cccnc2)n1.Cl. The van der Waals surface area contributed by atoms with E-state index in [2.05, 4.69) is 27.4 Å². The molecule has 2 rings (SSSR count). The third-order valence-electron chi connectivity index (χ3n) is 2.76. The highest BCUT2D eigenvalue weighted by atomic mass is 35.5. The van der Waals surface area contributed by atoms with E-state index in [1.54, 1.807) is 12.4 Å². The topological polar surface area (TPSA) is 73.1 Å². The molecule has 0 spiro atoms. The predicted octanol–water partition coefficient (Wildman–Crippen LogP) is 2.18. The van der Waals surface area contributed by atoms with Crippen LogP contribution in [0.1, 0.15) is 31.7 Å². The van der Waals surface area contributed by atoms with Gasteiger partial charge in [-0.3, -0.25) is 4.98 Å². The van der Waals surface area contributed by atoms with Crippen LogP contribution in [0.25, 0.3) is 0 Å². The molecule has 2 unspecified atom stereocenters. The zero-order valence-electron chi connectivity index (χ0n) is 11.7. The van der Waals surface area contributed by atoms with Gasteiger partial charge in [-0.25, -0.2) is 0 Å². The minimum absolute atomic E-state index is 0. The van der Waals surface area contributed by atoms with Gasteiger partial charge in [0.05, 0.1) is 6.20 Å². The minimum Gasteiger partial charge on any atom is -0.479 e. The summed E-state index contributed by atoms with van der Waals surface area (Å²) < 4.78 is 10.9. The smallest absolute Gasteiger partial charge is 0.267 e. The zero-order valence-corrected chi connectivity index (χ0v) is 12.6. The highest BCUT2D eigenvalue weighted by Gasteiger charge is 2.16. The lowest BCUT2D eigenvalue weighted by atomic mass is 10.2. The lowest BCUT2D eigenvalue weighted by Gasteiger charge is -2.09. The second-order valence-electron chi connectivity index (χ2n) is 4.39. The molecule has 20 heavy (non-hydrogen) atoms. The highest BCUT2D eigenvalue weighted by Crippen LogP contribution is 2.19. The standard InChI is InChI=1S/C13H18N4O2.ClH/c1-9(14-3)7-12-16-13(19-17-12)10(2)18-11-5-4-6-15-8-11;/h4-6,8-10,14H,7H2,1-3H3;1H. The van der Waals surface area contributed by atoms with Crippen molar-refractivity contribution in [3.63, 3.8) is 0 Å². The molecule has 1 N–H and O–H groups in total. The fourth-order valence-electron chi connectivity index (χ4n) is 1.56. The third kappa shape index (κ3) is 4.47. The molecule has 0 fully saturated rings. The Labute approximate surface area is 124 Å². The molecular weight excluding hydrogens is 280 g/mol. The van der Waals surface area contributed by atoms with E-state index in [4.69, 9.17) is 9.26 Å². The maximum atomic E-state index is 5.67. The van der Waals surface area contributed by atoms with Crippen LogP contribution in [0.2, 0.25) is 0 Å². The molecule has 7 heteroatoms. The van der Waals surface area contributed by atoms with E-state index in [9.17, 15) is 0 Å². The van der Waals surface area contributed by atoms with Crippen LogP contribution in [0, 0.1) is 0 Å². The number of likely N-dealkylation sites (N-methyl/N-ethyl adjacent to an activating group) is 1. The van der Waals surface area contributed by atoms with E-state index in [-0.39, 0.29) is 18.5 Å². The summed E-state index contributed by atoms with van der Waals surface area (Å²) in [6.45, 7) is 3.93. The average molecular weight is 299 g/mol. The van der Waals surface area contributed by atoms with Gasteiger partial charge in [0.25, 0.3) is 5.89 Å². The van der Waals surface area contributed by atoms with Crippen molar-refractivity contribution in [2.45, 2.75) is 32.4 Å². The van der Waals surface area contributed by atoms with Gasteiger partial charge in [-0.1, -0.05) is 5.16 Å². The zero-order chi connectivity index (χ0) is 13.7. The molecule has 2 heterocycles. The third-order valence-corrected chi connectivity index (χ3v) is 2.76. The van der Waals surface area contributed by atoms with E-state index in [1.807, 2.05) is 26.1 Å². The van der Waals surface area contributed by atoms with Crippen molar-refractivity contribution in [1.82, 2.24) is 20.4 Å². The maximum Gasteiger partial charge on any atom is 0.267 e. The number of ether oxygens (including phenoxy) is 1. The molecule has 110 valence electrons. The van der Waals surface area contributed by atoms with Crippen LogP contribution in [0.5, 0.6) is 5.75 Å². The second-order valence-corrected chi connectivity index (χ2v) is 4.39. The number of hydrogen-bond acceptors (Lipinski definition) is 6. The summed E-state index contributed by atoms with van der Waals surface area (Å²) in [5, 5.41) is 7.08. The summed E-state index contributed by atoms with van der Waals surface area (Å²) in [6.07, 6.45) is 3.77. The van der Waals surface area contributed by atoms with Crippen molar-refractivity contribution in [2.75, 3.05) is 7.05 Å². The van der Waals surface area contributed by atoms with Crippen molar-refractivity contribution in [2.24, 2.45) is 0 Å². The van der Waals surface area contributed by atoms with Crippen LogP contribution in [-0.4, -0.2) is 28.2 Å². The summed E-state index contributed by atoms with van der Waals surface area (Å²) in [4.78, 5) is 8.32. The lowest BCUT2D eigenvalue weighted by molar-refractivity contribution is 0.175. The Bertz CT molecular complexity index is 506. The molecule has 0 aliphatic carbocycles. The fraction of sp³-hybridized carbons (Fsp3) is 0.462. The van der Waals surface area contributed by atoms with Gasteiger partial charge >= 0.3 is 0 Å². The van der Waals surface area contributed by atoms with E-state index >= 15 is 0 Å². The number of nitrogens with one attached hydrogen (secondary N) is 1. The number of hydrogen-bond donors (Lipinski definition) is 1. The first-order valence-corrected chi connectivity index (χ1v) is 6.25. The van der Waals surface area contributed by atoms with Gasteiger partial charge in [-0.2, -0.15) is 4.98 Å². The van der Waals surface area contributed by atoms with E-state index in [0.29, 0.717) is 23.5 Å². The summed E-state index contributed by atoms with van der Waals surface area (Å²) in [5.74, 6) is 1.83. The molecule has 0 saturated carbocycles. The number of nitrogens with zero attached hydrogens (tertiary/aromatic N) is 3. The number of rotatable bonds is 6. The van der Waals surface area contributed by atoms with Gasteiger partial charge < -0.3 is 14.6 Å². The molecule has 0 aliphatic heterocycles. The van der Waals surface area contributed by atoms with Crippen LogP contribution >= 0.6 is 12.4 Å². The Morgan fingerprint density at radius 2 is 2.20 bits per heavy atom. The summed E-state index contributed by atoms with van der Waals surface area (Å²) in [7, 11) is 1.90. The van der Waals surface area contributed by atoms with E-state index in [1.165, 1.54) is 0 Å². The molecule has 0 aliphatic rings. The van der Waals surface area contributed by atoms with E-state index < -0.39 is 0 Å². The van der Waals surface area contributed by atoms with Gasteiger partial charge in [-0.15, -0.1) is 12.4 Å². The van der Waals surface area contributed by atoms with Gasteiger partial charge in [0, 0.05) is 18.7 Å². The number of aromatic nitrogens is 3. The predicted molar refractivity (Wildman–Crippen MR) is 77.1 cm³/mol. The molecular formula is C13H19ClN4O2. The van der Waals surface area contributed by atoms with Crippen molar-refractivity contribution >= 4 is 12.4 Å². The first-order chi connectivity index (χ1) is 9.19. The van der Waals surface area contributed by atoms with Crippen LogP contribution in [-0.2, 0) is 6.42 Å². The highest BCUT2D eigenvalue weighted by molar-refractivity contribution is 5.85. The van der Waals surface area contributed by atoms with Crippen LogP contribution < -0.4 is 10.1 Å². The monoisotopic (exact) mass is 298 g/mol. The Morgan fingerprint density at radius 3 is 2.85 bits per heavy atom. The van der Waals surface area contributed by atoms with E-state index in [0.717, 1.165) is 6.42 Å². The number of pyridine rings is 1. The lowest BCUT2D eigenvalue weighted by Crippen LogP contribution is -2.24. The maximum absolute atomic E-state index is 5.67. The Morgan fingerprint density at radius 1 is 1.40 bits per heavy atom. The van der Waals surface area contributed by atoms with Crippen molar-refractivity contribution in [1.29, 1.82) is 0 Å². The van der Waals surface area contributed by atoms with Gasteiger partial charge in [-0.05, 0) is 33.0 Å². The van der Waals surface area contributed by atoms with Crippen LogP contribution in [0.15, 0.2) is 29.0 Å². The first kappa shape index (κ1) is 16.4. The fourth-order valence-corrected chi connectivity index (χ4v) is 1.56. The van der Waals surface area contributed by atoms with Crippen LogP contribution in [0.3, 0.4) is 0 Å². The average Bonchev–Trinajstić information content (AvgIpc) is 2.88. The first-order valence-electron chi connectivity index (χ1n) is 6.25. The quantitative estimate of drug-likeness (QED) is 0.881. The molecule has 0 saturated heterocycles. The van der Waals surface area contributed by atoms with Crippen molar-refractivity contribution in [3.05, 3.63) is 36.2 Å². The number of halogens is 1. The van der Waals surface area contributed by atoms with Crippen molar-refractivity contribution < 1.29 is 9.26 Å². The molecule has 0 bridgehead atoms. The molecule has 2 atom stereocenters. The summed E-state index contributed by atoms with van der Waals surface area (Å²) in [5.41, 5.74) is 0. The Hall–Kier alpha value is -1.66. The van der Waals surface area contributed by atoms with Gasteiger partial charge in [0.2, 0.25) is 0 Å². The summed E-state index contributed by atoms with van der Waals surface area (Å²) >= 11 is 0. The molecule has 6 nitrogen and oxygen atoms in total. The molecule has 0 radical (unpaired) electrons. The molecule has 0 amide bonds. The largest absolute Gasteiger partial charge is 0.479 e. The minimum atomic E-state index is -0.296. The second kappa shape index (κ2) is 7.81. The Balaban J connectivity index is 0.00000200. The summed E-state index contributed by atoms with van der Waals surface area (Å²) in [6, 6.07) is 3.96. The Kier molecular flexibility index (Phi) is 6.41. The van der Waals surface area contributed by atoms with Gasteiger partial charge in [0.1, 0.15) is 5.75 Å². The van der Waals surface area contributed by atoms with Crippen molar-refractivity contribution in [3.8, 4) is 5.75 Å². The normalized spacial score (nSPS) is 13.3. The van der Waals surface area contributed by atoms with Gasteiger partial charge in [0.15, 0.2) is 11.9 Å². The molecule has 0 aromatic carbocycles. The molecule has 2 aromatic rings. The molecule has 2 aromatic heterocycles. The van der Waals surface area contributed by atoms with Crippen LogP contribution in [0.4, 0.5) is 0 Å².